The quantitative estimate of drug-likeness (QED) is 0.851. The molecule has 0 aliphatic heterocycles. The summed E-state index contributed by atoms with van der Waals surface area (Å²) in [5.74, 6) is -0.111. The molecule has 1 aromatic heterocycles. The third-order valence-electron chi connectivity index (χ3n) is 3.50. The number of aromatic nitrogens is 1. The standard InChI is InChI=1S/C16H21N3OS/c1-5-12-8-18-16(21-12)11(4)19-15(20)13-7-14(17)10(3)6-9(13)2/h6-8,11H,5,17H2,1-4H3,(H,19,20). The van der Waals surface area contributed by atoms with Crippen molar-refractivity contribution in [3.8, 4) is 0 Å². The van der Waals surface area contributed by atoms with Gasteiger partial charge in [0.1, 0.15) is 5.01 Å². The predicted molar refractivity (Wildman–Crippen MR) is 87.7 cm³/mol. The Morgan fingerprint density at radius 2 is 2.10 bits per heavy atom. The van der Waals surface area contributed by atoms with Gasteiger partial charge >= 0.3 is 0 Å². The first-order valence-electron chi connectivity index (χ1n) is 7.04. The van der Waals surface area contributed by atoms with E-state index in [0.29, 0.717) is 11.3 Å². The maximum Gasteiger partial charge on any atom is 0.252 e. The second-order valence-electron chi connectivity index (χ2n) is 5.24. The number of rotatable bonds is 4. The Kier molecular flexibility index (Phi) is 4.63. The third kappa shape index (κ3) is 3.42. The molecule has 5 heteroatoms. The van der Waals surface area contributed by atoms with Crippen LogP contribution in [0.25, 0.3) is 0 Å². The van der Waals surface area contributed by atoms with Crippen LogP contribution in [0.5, 0.6) is 0 Å². The minimum absolute atomic E-state index is 0.107. The molecule has 0 bridgehead atoms. The molecular formula is C16H21N3OS. The maximum atomic E-state index is 12.4. The summed E-state index contributed by atoms with van der Waals surface area (Å²) in [7, 11) is 0. The fraction of sp³-hybridized carbons (Fsp3) is 0.375. The van der Waals surface area contributed by atoms with Crippen molar-refractivity contribution in [3.63, 3.8) is 0 Å². The van der Waals surface area contributed by atoms with Crippen molar-refractivity contribution in [2.45, 2.75) is 40.2 Å². The van der Waals surface area contributed by atoms with Gasteiger partial charge in [0.2, 0.25) is 0 Å². The number of amides is 1. The van der Waals surface area contributed by atoms with Crippen molar-refractivity contribution in [3.05, 3.63) is 44.9 Å². The second kappa shape index (κ2) is 6.26. The molecule has 21 heavy (non-hydrogen) atoms. The topological polar surface area (TPSA) is 68.0 Å². The Labute approximate surface area is 129 Å². The molecule has 2 aromatic rings. The van der Waals surface area contributed by atoms with Crippen LogP contribution in [0.3, 0.4) is 0 Å². The molecule has 4 nitrogen and oxygen atoms in total. The molecule has 1 aromatic carbocycles. The highest BCUT2D eigenvalue weighted by Gasteiger charge is 2.16. The number of nitrogens with zero attached hydrogens (tertiary/aromatic N) is 1. The molecule has 112 valence electrons. The van der Waals surface area contributed by atoms with E-state index in [1.165, 1.54) is 4.88 Å². The van der Waals surface area contributed by atoms with E-state index in [1.807, 2.05) is 33.0 Å². The molecule has 0 radical (unpaired) electrons. The van der Waals surface area contributed by atoms with Crippen LogP contribution in [0.2, 0.25) is 0 Å². The molecule has 0 saturated carbocycles. The second-order valence-corrected chi connectivity index (χ2v) is 6.38. The Balaban J connectivity index is 2.16. The van der Waals surface area contributed by atoms with Gasteiger partial charge in [-0.05, 0) is 44.4 Å². The van der Waals surface area contributed by atoms with Gasteiger partial charge in [-0.2, -0.15) is 0 Å². The van der Waals surface area contributed by atoms with Gasteiger partial charge in [0, 0.05) is 22.3 Å². The number of nitrogens with one attached hydrogen (secondary N) is 1. The van der Waals surface area contributed by atoms with Gasteiger partial charge in [-0.1, -0.05) is 13.0 Å². The molecule has 1 heterocycles. The predicted octanol–water partition coefficient (Wildman–Crippen LogP) is 3.40. The fourth-order valence-corrected chi connectivity index (χ4v) is 3.00. The van der Waals surface area contributed by atoms with Crippen LogP contribution in [0.15, 0.2) is 18.3 Å². The highest BCUT2D eigenvalue weighted by molar-refractivity contribution is 7.11. The fourth-order valence-electron chi connectivity index (χ4n) is 2.14. The molecule has 1 unspecified atom stereocenters. The van der Waals surface area contributed by atoms with Crippen molar-refractivity contribution in [1.82, 2.24) is 10.3 Å². The van der Waals surface area contributed by atoms with Crippen LogP contribution in [0.4, 0.5) is 5.69 Å². The number of carbonyl (C=O) groups is 1. The molecule has 0 spiro atoms. The molecule has 0 saturated heterocycles. The van der Waals surface area contributed by atoms with Gasteiger partial charge in [-0.15, -0.1) is 11.3 Å². The Morgan fingerprint density at radius 3 is 2.71 bits per heavy atom. The first kappa shape index (κ1) is 15.5. The lowest BCUT2D eigenvalue weighted by Crippen LogP contribution is -2.27. The Bertz CT molecular complexity index is 664. The van der Waals surface area contributed by atoms with Crippen molar-refractivity contribution in [2.24, 2.45) is 0 Å². The number of anilines is 1. The van der Waals surface area contributed by atoms with Gasteiger partial charge in [0.25, 0.3) is 5.91 Å². The van der Waals surface area contributed by atoms with Crippen LogP contribution in [0.1, 0.15) is 51.3 Å². The highest BCUT2D eigenvalue weighted by Crippen LogP contribution is 2.22. The van der Waals surface area contributed by atoms with E-state index in [0.717, 1.165) is 22.6 Å². The molecule has 3 N–H and O–H groups in total. The van der Waals surface area contributed by atoms with Gasteiger partial charge in [0.05, 0.1) is 6.04 Å². The average Bonchev–Trinajstić information content (AvgIpc) is 2.91. The molecule has 0 aliphatic rings. The lowest BCUT2D eigenvalue weighted by Gasteiger charge is -2.14. The van der Waals surface area contributed by atoms with Crippen molar-refractivity contribution in [1.29, 1.82) is 0 Å². The van der Waals surface area contributed by atoms with Crippen LogP contribution in [-0.4, -0.2) is 10.9 Å². The molecular weight excluding hydrogens is 282 g/mol. The van der Waals surface area contributed by atoms with E-state index in [1.54, 1.807) is 17.4 Å². The van der Waals surface area contributed by atoms with Crippen LogP contribution in [0, 0.1) is 13.8 Å². The highest BCUT2D eigenvalue weighted by atomic mass is 32.1. The summed E-state index contributed by atoms with van der Waals surface area (Å²) >= 11 is 1.64. The zero-order valence-corrected chi connectivity index (χ0v) is 13.7. The monoisotopic (exact) mass is 303 g/mol. The SMILES string of the molecule is CCc1cnc(C(C)NC(=O)c2cc(N)c(C)cc2C)s1. The van der Waals surface area contributed by atoms with E-state index in [4.69, 9.17) is 5.73 Å². The van der Waals surface area contributed by atoms with Gasteiger partial charge < -0.3 is 11.1 Å². The minimum atomic E-state index is -0.111. The van der Waals surface area contributed by atoms with E-state index in [-0.39, 0.29) is 11.9 Å². The summed E-state index contributed by atoms with van der Waals surface area (Å²) in [6, 6.07) is 3.57. The maximum absolute atomic E-state index is 12.4. The molecule has 1 atom stereocenters. The summed E-state index contributed by atoms with van der Waals surface area (Å²) in [6.45, 7) is 7.90. The zero-order chi connectivity index (χ0) is 15.6. The molecule has 0 fully saturated rings. The lowest BCUT2D eigenvalue weighted by atomic mass is 10.0. The number of benzene rings is 1. The average molecular weight is 303 g/mol. The number of carbonyl (C=O) groups excluding carboxylic acids is 1. The third-order valence-corrected chi connectivity index (χ3v) is 4.82. The Morgan fingerprint density at radius 1 is 1.38 bits per heavy atom. The van der Waals surface area contributed by atoms with Gasteiger partial charge in [-0.3, -0.25) is 4.79 Å². The van der Waals surface area contributed by atoms with Gasteiger partial charge in [0.15, 0.2) is 0 Å². The molecule has 0 aliphatic carbocycles. The number of hydrogen-bond donors (Lipinski definition) is 2. The number of aryl methyl sites for hydroxylation is 3. The first-order valence-corrected chi connectivity index (χ1v) is 7.86. The van der Waals surface area contributed by atoms with Gasteiger partial charge in [-0.25, -0.2) is 4.98 Å². The zero-order valence-electron chi connectivity index (χ0n) is 12.9. The normalized spacial score (nSPS) is 12.2. The Hall–Kier alpha value is -1.88. The summed E-state index contributed by atoms with van der Waals surface area (Å²) in [6.07, 6.45) is 2.84. The lowest BCUT2D eigenvalue weighted by molar-refractivity contribution is 0.0939. The molecule has 2 rings (SSSR count). The van der Waals surface area contributed by atoms with E-state index >= 15 is 0 Å². The van der Waals surface area contributed by atoms with Crippen molar-refractivity contribution >= 4 is 22.9 Å². The summed E-state index contributed by atoms with van der Waals surface area (Å²) in [5.41, 5.74) is 9.08. The van der Waals surface area contributed by atoms with Crippen molar-refractivity contribution < 1.29 is 4.79 Å². The number of hydrogen-bond acceptors (Lipinski definition) is 4. The smallest absolute Gasteiger partial charge is 0.252 e. The number of nitrogen functional groups attached to an aromatic ring is 1. The van der Waals surface area contributed by atoms with Crippen LogP contribution >= 0.6 is 11.3 Å². The van der Waals surface area contributed by atoms with E-state index in [2.05, 4.69) is 17.2 Å². The number of nitrogens with two attached hydrogens (primary N) is 1. The number of thiazole rings is 1. The van der Waals surface area contributed by atoms with E-state index < -0.39 is 0 Å². The first-order chi connectivity index (χ1) is 9.92. The van der Waals surface area contributed by atoms with Crippen molar-refractivity contribution in [2.75, 3.05) is 5.73 Å². The van der Waals surface area contributed by atoms with Crippen LogP contribution in [-0.2, 0) is 6.42 Å². The van der Waals surface area contributed by atoms with Crippen LogP contribution < -0.4 is 11.1 Å². The summed E-state index contributed by atoms with van der Waals surface area (Å²) in [4.78, 5) is 18.0. The largest absolute Gasteiger partial charge is 0.398 e. The minimum Gasteiger partial charge on any atom is -0.398 e. The summed E-state index contributed by atoms with van der Waals surface area (Å²) in [5, 5.41) is 3.92. The molecule has 1 amide bonds. The van der Waals surface area contributed by atoms with E-state index in [9.17, 15) is 4.79 Å². The summed E-state index contributed by atoms with van der Waals surface area (Å²) < 4.78 is 0.